The Morgan fingerprint density at radius 1 is 1.25 bits per heavy atom. The number of nitrogens with one attached hydrogen (secondary N) is 1. The molecule has 2 rings (SSSR count). The first kappa shape index (κ1) is 18.7. The summed E-state index contributed by atoms with van der Waals surface area (Å²) in [6, 6.07) is 10.0. The number of aromatic nitrogens is 2. The largest absolute Gasteiger partial charge is 0.355 e. The molecule has 5 nitrogen and oxygen atoms in total. The standard InChI is InChI=1S/C17H24N4OS2/c1-5-21(11-13-9-7-6-8-10-13)14(22)12-23-16-20-19-15(24-16)18-17(2,3)4/h6-10H,5,11-12H2,1-4H3,(H,18,19). The highest BCUT2D eigenvalue weighted by atomic mass is 32.2. The summed E-state index contributed by atoms with van der Waals surface area (Å²) < 4.78 is 0.811. The Morgan fingerprint density at radius 2 is 1.96 bits per heavy atom. The molecule has 1 aromatic carbocycles. The monoisotopic (exact) mass is 364 g/mol. The Morgan fingerprint density at radius 3 is 2.58 bits per heavy atom. The zero-order chi connectivity index (χ0) is 17.6. The summed E-state index contributed by atoms with van der Waals surface area (Å²) in [5.74, 6) is 0.497. The molecule has 0 unspecified atom stereocenters. The smallest absolute Gasteiger partial charge is 0.233 e. The van der Waals surface area contributed by atoms with Gasteiger partial charge in [-0.2, -0.15) is 0 Å². The maximum atomic E-state index is 12.4. The van der Waals surface area contributed by atoms with E-state index in [0.29, 0.717) is 18.8 Å². The fourth-order valence-corrected chi connectivity index (χ4v) is 3.90. The maximum Gasteiger partial charge on any atom is 0.233 e. The molecule has 0 aliphatic carbocycles. The summed E-state index contributed by atoms with van der Waals surface area (Å²) in [6.07, 6.45) is 0. The molecule has 0 aliphatic heterocycles. The molecule has 1 amide bonds. The van der Waals surface area contributed by atoms with Crippen molar-refractivity contribution in [1.82, 2.24) is 15.1 Å². The minimum Gasteiger partial charge on any atom is -0.355 e. The molecule has 0 saturated heterocycles. The van der Waals surface area contributed by atoms with Gasteiger partial charge < -0.3 is 10.2 Å². The van der Waals surface area contributed by atoms with Gasteiger partial charge in [0, 0.05) is 18.6 Å². The van der Waals surface area contributed by atoms with Gasteiger partial charge in [0.05, 0.1) is 5.75 Å². The molecule has 1 heterocycles. The predicted molar refractivity (Wildman–Crippen MR) is 102 cm³/mol. The third kappa shape index (κ3) is 6.13. The average molecular weight is 365 g/mol. The lowest BCUT2D eigenvalue weighted by molar-refractivity contribution is -0.128. The van der Waals surface area contributed by atoms with E-state index in [4.69, 9.17) is 0 Å². The first-order valence-electron chi connectivity index (χ1n) is 7.93. The van der Waals surface area contributed by atoms with Crippen molar-refractivity contribution in [3.63, 3.8) is 0 Å². The lowest BCUT2D eigenvalue weighted by Gasteiger charge is -2.20. The van der Waals surface area contributed by atoms with Gasteiger partial charge in [0.2, 0.25) is 11.0 Å². The van der Waals surface area contributed by atoms with Crippen LogP contribution in [0.2, 0.25) is 0 Å². The summed E-state index contributed by atoms with van der Waals surface area (Å²) >= 11 is 2.93. The van der Waals surface area contributed by atoms with Crippen molar-refractivity contribution >= 4 is 34.1 Å². The number of rotatable bonds is 7. The number of thioether (sulfide) groups is 1. The van der Waals surface area contributed by atoms with Crippen LogP contribution in [0.1, 0.15) is 33.3 Å². The molecule has 7 heteroatoms. The van der Waals surface area contributed by atoms with Crippen LogP contribution < -0.4 is 5.32 Å². The zero-order valence-corrected chi connectivity index (χ0v) is 16.2. The van der Waals surface area contributed by atoms with Gasteiger partial charge in [0.1, 0.15) is 0 Å². The molecule has 0 radical (unpaired) electrons. The van der Waals surface area contributed by atoms with Crippen molar-refractivity contribution in [2.24, 2.45) is 0 Å². The Balaban J connectivity index is 1.87. The van der Waals surface area contributed by atoms with Crippen molar-refractivity contribution in [3.8, 4) is 0 Å². The van der Waals surface area contributed by atoms with Crippen LogP contribution in [0.3, 0.4) is 0 Å². The van der Waals surface area contributed by atoms with Gasteiger partial charge in [-0.25, -0.2) is 0 Å². The van der Waals surface area contributed by atoms with E-state index < -0.39 is 0 Å². The van der Waals surface area contributed by atoms with Crippen molar-refractivity contribution in [3.05, 3.63) is 35.9 Å². The van der Waals surface area contributed by atoms with Crippen LogP contribution in [-0.4, -0.2) is 38.8 Å². The van der Waals surface area contributed by atoms with E-state index >= 15 is 0 Å². The molecule has 130 valence electrons. The van der Waals surface area contributed by atoms with E-state index in [-0.39, 0.29) is 11.4 Å². The van der Waals surface area contributed by atoms with Crippen LogP contribution in [0, 0.1) is 0 Å². The van der Waals surface area contributed by atoms with Crippen LogP contribution in [-0.2, 0) is 11.3 Å². The zero-order valence-electron chi connectivity index (χ0n) is 14.6. The van der Waals surface area contributed by atoms with Crippen molar-refractivity contribution in [2.75, 3.05) is 17.6 Å². The molecule has 0 saturated carbocycles. The van der Waals surface area contributed by atoms with E-state index in [1.54, 1.807) is 0 Å². The maximum absolute atomic E-state index is 12.4. The van der Waals surface area contributed by atoms with Crippen molar-refractivity contribution in [1.29, 1.82) is 0 Å². The molecule has 0 atom stereocenters. The Labute approximate surface area is 151 Å². The highest BCUT2D eigenvalue weighted by Gasteiger charge is 2.16. The normalized spacial score (nSPS) is 11.3. The Kier molecular flexibility index (Phi) is 6.62. The number of nitrogens with zero attached hydrogens (tertiary/aromatic N) is 3. The van der Waals surface area contributed by atoms with E-state index in [2.05, 4.69) is 36.3 Å². The number of benzene rings is 1. The average Bonchev–Trinajstić information content (AvgIpc) is 2.96. The number of hydrogen-bond donors (Lipinski definition) is 1. The van der Waals surface area contributed by atoms with Gasteiger partial charge in [-0.3, -0.25) is 4.79 Å². The molecule has 2 aromatic rings. The molecule has 1 aromatic heterocycles. The fraction of sp³-hybridized carbons (Fsp3) is 0.471. The quantitative estimate of drug-likeness (QED) is 0.755. The minimum absolute atomic E-state index is 0.0496. The van der Waals surface area contributed by atoms with Crippen molar-refractivity contribution in [2.45, 2.75) is 44.1 Å². The number of carbonyl (C=O) groups excluding carboxylic acids is 1. The van der Waals surface area contributed by atoms with E-state index in [1.165, 1.54) is 23.1 Å². The van der Waals surface area contributed by atoms with Gasteiger partial charge in [0.25, 0.3) is 0 Å². The summed E-state index contributed by atoms with van der Waals surface area (Å²) in [7, 11) is 0. The number of carbonyl (C=O) groups is 1. The number of anilines is 1. The van der Waals surface area contributed by atoms with E-state index in [1.807, 2.05) is 42.2 Å². The lowest BCUT2D eigenvalue weighted by atomic mass is 10.1. The van der Waals surface area contributed by atoms with E-state index in [9.17, 15) is 4.79 Å². The molecule has 0 aliphatic rings. The van der Waals surface area contributed by atoms with Gasteiger partial charge in [-0.1, -0.05) is 53.4 Å². The van der Waals surface area contributed by atoms with Crippen LogP contribution >= 0.6 is 23.1 Å². The summed E-state index contributed by atoms with van der Waals surface area (Å²) in [5, 5.41) is 12.3. The topological polar surface area (TPSA) is 58.1 Å². The number of amides is 1. The SMILES string of the molecule is CCN(Cc1ccccc1)C(=O)CSc1nnc(NC(C)(C)C)s1. The molecular weight excluding hydrogens is 340 g/mol. The van der Waals surface area contributed by atoms with Crippen LogP contribution in [0.5, 0.6) is 0 Å². The third-order valence-corrected chi connectivity index (χ3v) is 5.11. The highest BCUT2D eigenvalue weighted by Crippen LogP contribution is 2.27. The predicted octanol–water partition coefficient (Wildman–Crippen LogP) is 3.89. The molecule has 24 heavy (non-hydrogen) atoms. The van der Waals surface area contributed by atoms with Crippen molar-refractivity contribution < 1.29 is 4.79 Å². The fourth-order valence-electron chi connectivity index (χ4n) is 2.03. The second kappa shape index (κ2) is 8.48. The summed E-state index contributed by atoms with van der Waals surface area (Å²) in [6.45, 7) is 9.57. The van der Waals surface area contributed by atoms with Gasteiger partial charge in [0.15, 0.2) is 4.34 Å². The molecular formula is C17H24N4OS2. The molecule has 1 N–H and O–H groups in total. The molecule has 0 spiro atoms. The minimum atomic E-state index is -0.0496. The van der Waals surface area contributed by atoms with Crippen LogP contribution in [0.25, 0.3) is 0 Å². The Bertz CT molecular complexity index is 652. The van der Waals surface area contributed by atoms with Crippen LogP contribution in [0.4, 0.5) is 5.13 Å². The highest BCUT2D eigenvalue weighted by molar-refractivity contribution is 8.01. The first-order valence-corrected chi connectivity index (χ1v) is 9.74. The van der Waals surface area contributed by atoms with Crippen LogP contribution in [0.15, 0.2) is 34.7 Å². The lowest BCUT2D eigenvalue weighted by Crippen LogP contribution is -2.31. The van der Waals surface area contributed by atoms with Gasteiger partial charge >= 0.3 is 0 Å². The second-order valence-electron chi connectivity index (χ2n) is 6.43. The Hall–Kier alpha value is -1.60. The van der Waals surface area contributed by atoms with E-state index in [0.717, 1.165) is 15.0 Å². The first-order chi connectivity index (χ1) is 11.4. The van der Waals surface area contributed by atoms with Gasteiger partial charge in [-0.05, 0) is 33.3 Å². The molecule has 0 bridgehead atoms. The number of hydrogen-bond acceptors (Lipinski definition) is 6. The molecule has 0 fully saturated rings. The van der Waals surface area contributed by atoms with Gasteiger partial charge in [-0.15, -0.1) is 10.2 Å². The second-order valence-corrected chi connectivity index (χ2v) is 8.63. The summed E-state index contributed by atoms with van der Waals surface area (Å²) in [4.78, 5) is 14.3. The summed E-state index contributed by atoms with van der Waals surface area (Å²) in [5.41, 5.74) is 1.09. The third-order valence-electron chi connectivity index (χ3n) is 3.16.